The number of carbonyl (C=O) groups is 2. The number of hydrogen-bond donors (Lipinski definition) is 2. The summed E-state index contributed by atoms with van der Waals surface area (Å²) in [5.41, 5.74) is -0.111. The summed E-state index contributed by atoms with van der Waals surface area (Å²) >= 11 is 12.2. The molecule has 1 fully saturated rings. The van der Waals surface area contributed by atoms with E-state index in [2.05, 4.69) is 15.6 Å². The van der Waals surface area contributed by atoms with Crippen LogP contribution in [0.25, 0.3) is 11.0 Å². The number of amides is 2. The van der Waals surface area contributed by atoms with Crippen molar-refractivity contribution in [3.63, 3.8) is 0 Å². The number of aromatic nitrogens is 2. The fourth-order valence-electron chi connectivity index (χ4n) is 3.99. The van der Waals surface area contributed by atoms with Gasteiger partial charge in [-0.05, 0) is 44.0 Å². The van der Waals surface area contributed by atoms with Gasteiger partial charge in [-0.3, -0.25) is 9.59 Å². The van der Waals surface area contributed by atoms with Crippen LogP contribution in [0, 0.1) is 0 Å². The predicted molar refractivity (Wildman–Crippen MR) is 126 cm³/mol. The molecule has 2 heterocycles. The maximum Gasteiger partial charge on any atom is 0.449 e. The highest BCUT2D eigenvalue weighted by Gasteiger charge is 2.40. The van der Waals surface area contributed by atoms with Crippen LogP contribution in [0.1, 0.15) is 42.0 Å². The highest BCUT2D eigenvalue weighted by Crippen LogP contribution is 2.36. The smallest absolute Gasteiger partial charge is 0.376 e. The highest BCUT2D eigenvalue weighted by molar-refractivity contribution is 6.40. The third-order valence-corrected chi connectivity index (χ3v) is 6.34. The lowest BCUT2D eigenvalue weighted by molar-refractivity contribution is -0.148. The van der Waals surface area contributed by atoms with E-state index < -0.39 is 29.9 Å². The van der Waals surface area contributed by atoms with Crippen LogP contribution >= 0.6 is 23.2 Å². The molecule has 35 heavy (non-hydrogen) atoms. The van der Waals surface area contributed by atoms with Crippen LogP contribution in [0.4, 0.5) is 18.9 Å². The van der Waals surface area contributed by atoms with E-state index >= 15 is 0 Å². The van der Waals surface area contributed by atoms with E-state index in [1.807, 2.05) is 0 Å². The molecule has 2 unspecified atom stereocenters. The zero-order chi connectivity index (χ0) is 25.3. The first kappa shape index (κ1) is 25.3. The number of anilines is 1. The summed E-state index contributed by atoms with van der Waals surface area (Å²) < 4.78 is 48.1. The molecule has 0 aliphatic carbocycles. The number of imidazole rings is 1. The number of benzene rings is 2. The van der Waals surface area contributed by atoms with Crippen molar-refractivity contribution in [1.29, 1.82) is 0 Å². The second-order valence-electron chi connectivity index (χ2n) is 8.08. The molecule has 1 aromatic heterocycles. The molecule has 1 saturated heterocycles. The Labute approximate surface area is 208 Å². The van der Waals surface area contributed by atoms with Gasteiger partial charge >= 0.3 is 6.18 Å². The van der Waals surface area contributed by atoms with Crippen molar-refractivity contribution < 1.29 is 27.5 Å². The van der Waals surface area contributed by atoms with Crippen molar-refractivity contribution in [3.05, 3.63) is 57.8 Å². The SMILES string of the molecule is CC(C(=O)NCC1CCCO1)n1c(C(F)(F)F)nc2c(NC(=O)c3c(Cl)cccc3Cl)cccc21. The monoisotopic (exact) mass is 528 g/mol. The minimum Gasteiger partial charge on any atom is -0.376 e. The lowest BCUT2D eigenvalue weighted by Crippen LogP contribution is -2.37. The largest absolute Gasteiger partial charge is 0.449 e. The van der Waals surface area contributed by atoms with Crippen molar-refractivity contribution in [2.24, 2.45) is 0 Å². The summed E-state index contributed by atoms with van der Waals surface area (Å²) in [6, 6.07) is 7.53. The molecule has 0 spiro atoms. The van der Waals surface area contributed by atoms with Crippen LogP contribution in [0.5, 0.6) is 0 Å². The minimum atomic E-state index is -4.85. The van der Waals surface area contributed by atoms with E-state index in [1.165, 1.54) is 37.3 Å². The topological polar surface area (TPSA) is 85.2 Å². The Bertz CT molecular complexity index is 1250. The Kier molecular flexibility index (Phi) is 7.25. The van der Waals surface area contributed by atoms with Crippen molar-refractivity contribution in [3.8, 4) is 0 Å². The molecule has 7 nitrogen and oxygen atoms in total. The average Bonchev–Trinajstić information content (AvgIpc) is 3.45. The second-order valence-corrected chi connectivity index (χ2v) is 8.90. The van der Waals surface area contributed by atoms with Gasteiger partial charge in [0.05, 0.1) is 32.9 Å². The number of nitrogens with zero attached hydrogens (tertiary/aromatic N) is 2. The van der Waals surface area contributed by atoms with Gasteiger partial charge < -0.3 is 19.9 Å². The molecule has 0 saturated carbocycles. The lowest BCUT2D eigenvalue weighted by Gasteiger charge is -2.19. The van der Waals surface area contributed by atoms with E-state index in [4.69, 9.17) is 27.9 Å². The van der Waals surface area contributed by atoms with Crippen LogP contribution in [0.3, 0.4) is 0 Å². The molecule has 186 valence electrons. The van der Waals surface area contributed by atoms with Crippen LogP contribution < -0.4 is 10.6 Å². The quantitative estimate of drug-likeness (QED) is 0.444. The molecule has 12 heteroatoms. The molecule has 1 aliphatic rings. The lowest BCUT2D eigenvalue weighted by atomic mass is 10.2. The first-order valence-corrected chi connectivity index (χ1v) is 11.6. The Hall–Kier alpha value is -2.82. The summed E-state index contributed by atoms with van der Waals surface area (Å²) in [5, 5.41) is 5.36. The van der Waals surface area contributed by atoms with Gasteiger partial charge in [0.25, 0.3) is 5.91 Å². The summed E-state index contributed by atoms with van der Waals surface area (Å²) in [4.78, 5) is 29.4. The summed E-state index contributed by atoms with van der Waals surface area (Å²) in [7, 11) is 0. The Balaban J connectivity index is 1.69. The molecule has 2 aromatic carbocycles. The molecule has 2 atom stereocenters. The number of alkyl halides is 3. The summed E-state index contributed by atoms with van der Waals surface area (Å²) in [5.74, 6) is -2.58. The Morgan fingerprint density at radius 2 is 1.89 bits per heavy atom. The number of halogens is 5. The molecular weight excluding hydrogens is 508 g/mol. The van der Waals surface area contributed by atoms with Crippen molar-refractivity contribution in [2.45, 2.75) is 38.1 Å². The maximum atomic E-state index is 13.9. The van der Waals surface area contributed by atoms with E-state index in [9.17, 15) is 22.8 Å². The molecule has 2 N–H and O–H groups in total. The fraction of sp³-hybridized carbons (Fsp3) is 0.348. The van der Waals surface area contributed by atoms with Crippen molar-refractivity contribution in [2.75, 3.05) is 18.5 Å². The van der Waals surface area contributed by atoms with Crippen LogP contribution in [-0.2, 0) is 15.7 Å². The standard InChI is InChI=1S/C23H21Cl2F3N4O3/c1-12(20(33)29-11-13-5-4-10-35-13)32-17-9-3-8-16(19(17)31-22(32)23(26,27)28)30-21(34)18-14(24)6-2-7-15(18)25/h2-3,6-9,12-13H,4-5,10-11H2,1H3,(H,29,33)(H,30,34). The van der Waals surface area contributed by atoms with Gasteiger partial charge in [0.15, 0.2) is 0 Å². The Morgan fingerprint density at radius 3 is 2.51 bits per heavy atom. The van der Waals surface area contributed by atoms with Gasteiger partial charge in [0.2, 0.25) is 11.7 Å². The molecule has 3 aromatic rings. The number of ether oxygens (including phenoxy) is 1. The van der Waals surface area contributed by atoms with Gasteiger partial charge in [-0.25, -0.2) is 4.98 Å². The van der Waals surface area contributed by atoms with Crippen molar-refractivity contribution in [1.82, 2.24) is 14.9 Å². The first-order valence-electron chi connectivity index (χ1n) is 10.8. The number of fused-ring (bicyclic) bond motifs is 1. The van der Waals surface area contributed by atoms with Crippen LogP contribution in [0.2, 0.25) is 10.0 Å². The molecule has 4 rings (SSSR count). The first-order chi connectivity index (χ1) is 16.6. The average molecular weight is 529 g/mol. The summed E-state index contributed by atoms with van der Waals surface area (Å²) in [6.45, 7) is 2.15. The zero-order valence-corrected chi connectivity index (χ0v) is 20.0. The van der Waals surface area contributed by atoms with Gasteiger partial charge in [-0.1, -0.05) is 35.3 Å². The molecule has 0 bridgehead atoms. The van der Waals surface area contributed by atoms with Crippen LogP contribution in [0.15, 0.2) is 36.4 Å². The molecule has 0 radical (unpaired) electrons. The van der Waals surface area contributed by atoms with E-state index in [0.717, 1.165) is 17.4 Å². The van der Waals surface area contributed by atoms with Gasteiger partial charge in [0, 0.05) is 13.2 Å². The molecular formula is C23H21Cl2F3N4O3. The summed E-state index contributed by atoms with van der Waals surface area (Å²) in [6.07, 6.45) is -3.37. The predicted octanol–water partition coefficient (Wildman–Crippen LogP) is 5.47. The number of nitrogens with one attached hydrogen (secondary N) is 2. The third kappa shape index (κ3) is 5.24. The minimum absolute atomic E-state index is 0.0136. The number of para-hydroxylation sites is 1. The van der Waals surface area contributed by atoms with Gasteiger partial charge in [0.1, 0.15) is 11.6 Å². The molecule has 1 aliphatic heterocycles. The van der Waals surface area contributed by atoms with E-state index in [-0.39, 0.29) is 45.0 Å². The number of rotatable bonds is 6. The normalized spacial score (nSPS) is 16.9. The van der Waals surface area contributed by atoms with Gasteiger partial charge in [-0.15, -0.1) is 0 Å². The third-order valence-electron chi connectivity index (χ3n) is 5.71. The Morgan fingerprint density at radius 1 is 1.20 bits per heavy atom. The number of hydrogen-bond acceptors (Lipinski definition) is 4. The molecule has 2 amide bonds. The highest BCUT2D eigenvalue weighted by atomic mass is 35.5. The van der Waals surface area contributed by atoms with Gasteiger partial charge in [-0.2, -0.15) is 13.2 Å². The van der Waals surface area contributed by atoms with Crippen molar-refractivity contribution >= 4 is 51.7 Å². The van der Waals surface area contributed by atoms with E-state index in [0.29, 0.717) is 6.61 Å². The number of carbonyl (C=O) groups excluding carboxylic acids is 2. The second kappa shape index (κ2) is 10.0. The zero-order valence-electron chi connectivity index (χ0n) is 18.5. The van der Waals surface area contributed by atoms with Crippen LogP contribution in [-0.4, -0.2) is 40.6 Å². The maximum absolute atomic E-state index is 13.9. The fourth-order valence-corrected chi connectivity index (χ4v) is 4.56. The van der Waals surface area contributed by atoms with E-state index in [1.54, 1.807) is 6.07 Å².